The molecule has 3 rings (SSSR count). The van der Waals surface area contributed by atoms with Gasteiger partial charge in [0.1, 0.15) is 0 Å². The van der Waals surface area contributed by atoms with Crippen LogP contribution in [0, 0.1) is 0 Å². The zero-order valence-corrected chi connectivity index (χ0v) is 13.0. The van der Waals surface area contributed by atoms with Crippen LogP contribution in [-0.2, 0) is 0 Å². The number of carbonyl (C=O) groups is 1. The molecule has 0 bridgehead atoms. The van der Waals surface area contributed by atoms with Crippen LogP contribution < -0.4 is 10.6 Å². The lowest BCUT2D eigenvalue weighted by atomic mass is 9.97. The lowest BCUT2D eigenvalue weighted by Gasteiger charge is -2.12. The Kier molecular flexibility index (Phi) is 4.09. The smallest absolute Gasteiger partial charge is 0.319 e. The Morgan fingerprint density at radius 3 is 2.55 bits per heavy atom. The number of rotatable bonds is 4. The third-order valence-electron chi connectivity index (χ3n) is 3.75. The second-order valence-electron chi connectivity index (χ2n) is 6.04. The van der Waals surface area contributed by atoms with Crippen LogP contribution in [0.4, 0.5) is 10.5 Å². The van der Waals surface area contributed by atoms with Crippen molar-refractivity contribution < 1.29 is 4.79 Å². The predicted octanol–water partition coefficient (Wildman–Crippen LogP) is 4.16. The van der Waals surface area contributed by atoms with Gasteiger partial charge in [0.25, 0.3) is 0 Å². The van der Waals surface area contributed by atoms with Gasteiger partial charge in [-0.25, -0.2) is 4.79 Å². The normalized spacial score (nSPS) is 14.0. The van der Waals surface area contributed by atoms with Crippen LogP contribution in [0.3, 0.4) is 0 Å². The number of amides is 2. The quantitative estimate of drug-likeness (QED) is 0.890. The molecular formula is C18H21N3O. The Labute approximate surface area is 131 Å². The van der Waals surface area contributed by atoms with Crippen LogP contribution >= 0.6 is 0 Å². The number of urea groups is 1. The maximum absolute atomic E-state index is 11.7. The molecule has 2 N–H and O–H groups in total. The van der Waals surface area contributed by atoms with Crippen molar-refractivity contribution in [2.45, 2.75) is 38.6 Å². The molecule has 114 valence electrons. The molecule has 4 heteroatoms. The van der Waals surface area contributed by atoms with Crippen molar-refractivity contribution >= 4 is 11.7 Å². The molecule has 0 saturated heterocycles. The van der Waals surface area contributed by atoms with Gasteiger partial charge in [0.15, 0.2) is 0 Å². The van der Waals surface area contributed by atoms with Crippen LogP contribution in [0.25, 0.3) is 11.1 Å². The van der Waals surface area contributed by atoms with Gasteiger partial charge in [0.2, 0.25) is 0 Å². The first-order valence-electron chi connectivity index (χ1n) is 7.76. The molecule has 2 amide bonds. The summed E-state index contributed by atoms with van der Waals surface area (Å²) in [6, 6.07) is 12.2. The molecule has 2 aromatic rings. The highest BCUT2D eigenvalue weighted by Crippen LogP contribution is 2.28. The number of anilines is 1. The zero-order chi connectivity index (χ0) is 15.5. The minimum Gasteiger partial charge on any atom is -0.335 e. The summed E-state index contributed by atoms with van der Waals surface area (Å²) < 4.78 is 0. The molecule has 1 fully saturated rings. The van der Waals surface area contributed by atoms with Crippen LogP contribution in [0.2, 0.25) is 0 Å². The molecule has 1 aliphatic carbocycles. The summed E-state index contributed by atoms with van der Waals surface area (Å²) in [7, 11) is 0. The average Bonchev–Trinajstić information content (AvgIpc) is 3.32. The van der Waals surface area contributed by atoms with Crippen molar-refractivity contribution in [3.8, 4) is 11.1 Å². The fraction of sp³-hybridized carbons (Fsp3) is 0.333. The van der Waals surface area contributed by atoms with E-state index in [0.29, 0.717) is 12.0 Å². The first-order chi connectivity index (χ1) is 10.6. The number of pyridine rings is 1. The van der Waals surface area contributed by atoms with Crippen LogP contribution in [0.15, 0.2) is 42.6 Å². The van der Waals surface area contributed by atoms with Crippen molar-refractivity contribution in [2.75, 3.05) is 5.32 Å². The summed E-state index contributed by atoms with van der Waals surface area (Å²) in [5.74, 6) is 0.373. The minimum atomic E-state index is -0.125. The predicted molar refractivity (Wildman–Crippen MR) is 88.9 cm³/mol. The van der Waals surface area contributed by atoms with Gasteiger partial charge in [0.05, 0.1) is 5.69 Å². The number of carbonyl (C=O) groups excluding carboxylic acids is 1. The van der Waals surface area contributed by atoms with E-state index in [1.54, 1.807) is 0 Å². The number of hydrogen-bond donors (Lipinski definition) is 2. The first kappa shape index (κ1) is 14.6. The maximum atomic E-state index is 11.7. The topological polar surface area (TPSA) is 54.0 Å². The second-order valence-corrected chi connectivity index (χ2v) is 6.04. The highest BCUT2D eigenvalue weighted by Gasteiger charge is 2.23. The van der Waals surface area contributed by atoms with Crippen LogP contribution in [-0.4, -0.2) is 17.1 Å². The molecule has 4 nitrogen and oxygen atoms in total. The monoisotopic (exact) mass is 295 g/mol. The van der Waals surface area contributed by atoms with E-state index in [1.165, 1.54) is 0 Å². The second kappa shape index (κ2) is 6.18. The summed E-state index contributed by atoms with van der Waals surface area (Å²) in [4.78, 5) is 16.2. The average molecular weight is 295 g/mol. The van der Waals surface area contributed by atoms with Gasteiger partial charge in [-0.2, -0.15) is 0 Å². The highest BCUT2D eigenvalue weighted by molar-refractivity contribution is 5.90. The number of nitrogens with zero attached hydrogens (tertiary/aromatic N) is 1. The molecule has 1 aromatic heterocycles. The standard InChI is InChI=1S/C18H21N3O/c1-12(2)17-16(4-3-11-19-17)13-5-7-14(8-6-13)20-18(22)21-15-9-10-15/h3-8,11-12,15H,9-10H2,1-2H3,(H2,20,21,22). The molecule has 0 spiro atoms. The van der Waals surface area contributed by atoms with Crippen molar-refractivity contribution in [3.05, 3.63) is 48.3 Å². The Morgan fingerprint density at radius 1 is 1.18 bits per heavy atom. The van der Waals surface area contributed by atoms with Gasteiger partial charge in [-0.1, -0.05) is 32.0 Å². The van der Waals surface area contributed by atoms with E-state index in [9.17, 15) is 4.79 Å². The lowest BCUT2D eigenvalue weighted by molar-refractivity contribution is 0.251. The Hall–Kier alpha value is -2.36. The van der Waals surface area contributed by atoms with Gasteiger partial charge >= 0.3 is 6.03 Å². The lowest BCUT2D eigenvalue weighted by Crippen LogP contribution is -2.30. The molecule has 1 aliphatic rings. The van der Waals surface area contributed by atoms with Crippen LogP contribution in [0.5, 0.6) is 0 Å². The zero-order valence-electron chi connectivity index (χ0n) is 13.0. The third kappa shape index (κ3) is 3.45. The molecule has 1 heterocycles. The summed E-state index contributed by atoms with van der Waals surface area (Å²) in [5.41, 5.74) is 4.16. The number of benzene rings is 1. The molecule has 0 aliphatic heterocycles. The van der Waals surface area contributed by atoms with Crippen molar-refractivity contribution in [3.63, 3.8) is 0 Å². The van der Waals surface area contributed by atoms with Gasteiger partial charge in [-0.05, 0) is 42.5 Å². The van der Waals surface area contributed by atoms with Gasteiger partial charge in [-0.3, -0.25) is 4.98 Å². The van der Waals surface area contributed by atoms with E-state index in [1.807, 2.05) is 36.5 Å². The van der Waals surface area contributed by atoms with E-state index < -0.39 is 0 Å². The maximum Gasteiger partial charge on any atom is 0.319 e. The summed E-state index contributed by atoms with van der Waals surface area (Å²) in [5, 5.41) is 5.78. The summed E-state index contributed by atoms with van der Waals surface area (Å²) in [6.07, 6.45) is 4.01. The Balaban J connectivity index is 1.75. The number of aromatic nitrogens is 1. The van der Waals surface area contributed by atoms with Crippen LogP contribution in [0.1, 0.15) is 38.3 Å². The third-order valence-corrected chi connectivity index (χ3v) is 3.75. The molecule has 0 unspecified atom stereocenters. The van der Waals surface area contributed by atoms with Gasteiger partial charge in [-0.15, -0.1) is 0 Å². The number of nitrogens with one attached hydrogen (secondary N) is 2. The van der Waals surface area contributed by atoms with E-state index in [-0.39, 0.29) is 6.03 Å². The fourth-order valence-corrected chi connectivity index (χ4v) is 2.44. The molecule has 0 radical (unpaired) electrons. The molecular weight excluding hydrogens is 274 g/mol. The first-order valence-corrected chi connectivity index (χ1v) is 7.76. The molecule has 0 atom stereocenters. The fourth-order valence-electron chi connectivity index (χ4n) is 2.44. The molecule has 1 aromatic carbocycles. The van der Waals surface area contributed by atoms with E-state index in [4.69, 9.17) is 0 Å². The van der Waals surface area contributed by atoms with Crippen molar-refractivity contribution in [2.24, 2.45) is 0 Å². The van der Waals surface area contributed by atoms with E-state index in [0.717, 1.165) is 35.3 Å². The largest absolute Gasteiger partial charge is 0.335 e. The van der Waals surface area contributed by atoms with Crippen molar-refractivity contribution in [1.82, 2.24) is 10.3 Å². The minimum absolute atomic E-state index is 0.125. The summed E-state index contributed by atoms with van der Waals surface area (Å²) >= 11 is 0. The van der Waals surface area contributed by atoms with Crippen molar-refractivity contribution in [1.29, 1.82) is 0 Å². The Bertz CT molecular complexity index is 660. The Morgan fingerprint density at radius 2 is 1.91 bits per heavy atom. The molecule has 1 saturated carbocycles. The summed E-state index contributed by atoms with van der Waals surface area (Å²) in [6.45, 7) is 4.29. The van der Waals surface area contributed by atoms with Gasteiger partial charge in [0, 0.05) is 23.5 Å². The molecule has 22 heavy (non-hydrogen) atoms. The van der Waals surface area contributed by atoms with Gasteiger partial charge < -0.3 is 10.6 Å². The van der Waals surface area contributed by atoms with E-state index in [2.05, 4.69) is 35.5 Å². The highest BCUT2D eigenvalue weighted by atomic mass is 16.2. The number of hydrogen-bond acceptors (Lipinski definition) is 2. The van der Waals surface area contributed by atoms with E-state index >= 15 is 0 Å². The SMILES string of the molecule is CC(C)c1ncccc1-c1ccc(NC(=O)NC2CC2)cc1.